The van der Waals surface area contributed by atoms with Crippen LogP contribution in [0.4, 0.5) is 31.1 Å². The summed E-state index contributed by atoms with van der Waals surface area (Å²) in [5, 5.41) is 4.47. The van der Waals surface area contributed by atoms with Crippen molar-refractivity contribution < 1.29 is 45.5 Å². The van der Waals surface area contributed by atoms with Crippen molar-refractivity contribution in [1.82, 2.24) is 15.5 Å². The van der Waals surface area contributed by atoms with Gasteiger partial charge in [-0.3, -0.25) is 14.9 Å². The lowest BCUT2D eigenvalue weighted by Crippen LogP contribution is -2.59. The lowest BCUT2D eigenvalue weighted by atomic mass is 9.87. The molecule has 13 heteroatoms. The highest BCUT2D eigenvalue weighted by Gasteiger charge is 2.40. The number of hydrogen-bond acceptors (Lipinski definition) is 4. The Morgan fingerprint density at radius 2 is 1.62 bits per heavy atom. The number of halogens is 6. The molecule has 4 amide bonds. The summed E-state index contributed by atoms with van der Waals surface area (Å²) in [6.07, 6.45) is -11.8. The van der Waals surface area contributed by atoms with Crippen LogP contribution >= 0.6 is 0 Å². The molecule has 7 nitrogen and oxygen atoms in total. The van der Waals surface area contributed by atoms with E-state index in [0.717, 1.165) is 5.56 Å². The molecule has 2 saturated heterocycles. The number of ether oxygens (including phenoxy) is 1. The standard InChI is InChI=1S/C26H25F6N3O4/c1-14(16-9-17(25(27,28)29)11-18(10-16)26(30,31)32)39-21-7-8-35(13-19(21)15-5-3-2-4-6-15)23(37)20-12-22(36)34-24(38)33-20/h2-6,9-11,14,19-21H,7-8,12-13H2,1H3,(H2,33,34,36,38)/t14-,19+,20-,21+/m1/s1. The van der Waals surface area contributed by atoms with Crippen molar-refractivity contribution in [1.29, 1.82) is 0 Å². The van der Waals surface area contributed by atoms with Crippen LogP contribution in [-0.4, -0.2) is 48.0 Å². The van der Waals surface area contributed by atoms with Gasteiger partial charge in [0.05, 0.1) is 29.8 Å². The van der Waals surface area contributed by atoms with Crippen LogP contribution in [0.5, 0.6) is 0 Å². The molecule has 0 aromatic heterocycles. The van der Waals surface area contributed by atoms with E-state index in [4.69, 9.17) is 4.74 Å². The molecule has 2 fully saturated rings. The maximum absolute atomic E-state index is 13.4. The summed E-state index contributed by atoms with van der Waals surface area (Å²) in [4.78, 5) is 38.0. The largest absolute Gasteiger partial charge is 0.416 e. The number of hydrogen-bond donors (Lipinski definition) is 2. The predicted octanol–water partition coefficient (Wildman–Crippen LogP) is 4.78. The highest BCUT2D eigenvalue weighted by molar-refractivity contribution is 6.02. The molecule has 2 aliphatic heterocycles. The van der Waals surface area contributed by atoms with E-state index >= 15 is 0 Å². The molecule has 2 aromatic carbocycles. The van der Waals surface area contributed by atoms with Crippen molar-refractivity contribution in [2.75, 3.05) is 13.1 Å². The number of likely N-dealkylation sites (tertiary alicyclic amines) is 1. The van der Waals surface area contributed by atoms with Crippen LogP contribution in [-0.2, 0) is 26.7 Å². The van der Waals surface area contributed by atoms with Crippen molar-refractivity contribution in [3.63, 3.8) is 0 Å². The van der Waals surface area contributed by atoms with E-state index in [9.17, 15) is 40.7 Å². The Bertz CT molecular complexity index is 1190. The van der Waals surface area contributed by atoms with E-state index < -0.39 is 65.5 Å². The topological polar surface area (TPSA) is 87.7 Å². The van der Waals surface area contributed by atoms with E-state index in [0.29, 0.717) is 12.1 Å². The van der Waals surface area contributed by atoms with Gasteiger partial charge in [0, 0.05) is 19.0 Å². The Hall–Kier alpha value is -3.61. The Kier molecular flexibility index (Phi) is 7.92. The quantitative estimate of drug-likeness (QED) is 0.518. The Labute approximate surface area is 219 Å². The van der Waals surface area contributed by atoms with Crippen LogP contribution in [0, 0.1) is 0 Å². The summed E-state index contributed by atoms with van der Waals surface area (Å²) in [5.41, 5.74) is -2.39. The fourth-order valence-corrected chi connectivity index (χ4v) is 4.85. The second-order valence-electron chi connectivity index (χ2n) is 9.52. The van der Waals surface area contributed by atoms with Crippen molar-refractivity contribution >= 4 is 17.8 Å². The first-order valence-corrected chi connectivity index (χ1v) is 12.1. The van der Waals surface area contributed by atoms with Gasteiger partial charge in [-0.1, -0.05) is 30.3 Å². The average molecular weight is 557 g/mol. The third-order valence-corrected chi connectivity index (χ3v) is 6.79. The predicted molar refractivity (Wildman–Crippen MR) is 125 cm³/mol. The zero-order chi connectivity index (χ0) is 28.5. The lowest BCUT2D eigenvalue weighted by Gasteiger charge is -2.41. The maximum atomic E-state index is 13.4. The van der Waals surface area contributed by atoms with Crippen molar-refractivity contribution in [3.05, 3.63) is 70.8 Å². The van der Waals surface area contributed by atoms with Gasteiger partial charge in [0.1, 0.15) is 6.04 Å². The van der Waals surface area contributed by atoms with Crippen LogP contribution in [0.1, 0.15) is 54.0 Å². The number of carbonyl (C=O) groups is 3. The van der Waals surface area contributed by atoms with Gasteiger partial charge < -0.3 is 15.0 Å². The van der Waals surface area contributed by atoms with Crippen molar-refractivity contribution in [3.8, 4) is 0 Å². The first kappa shape index (κ1) is 28.4. The fourth-order valence-electron chi connectivity index (χ4n) is 4.85. The van der Waals surface area contributed by atoms with Gasteiger partial charge >= 0.3 is 18.4 Å². The lowest BCUT2D eigenvalue weighted by molar-refractivity contribution is -0.143. The van der Waals surface area contributed by atoms with Crippen LogP contribution in [0.15, 0.2) is 48.5 Å². The van der Waals surface area contributed by atoms with E-state index in [1.165, 1.54) is 11.8 Å². The average Bonchev–Trinajstić information content (AvgIpc) is 2.87. The zero-order valence-electron chi connectivity index (χ0n) is 20.6. The fraction of sp³-hybridized carbons (Fsp3) is 0.423. The molecule has 0 bridgehead atoms. The Balaban J connectivity index is 1.58. The molecular formula is C26H25F6N3O4. The highest BCUT2D eigenvalue weighted by atomic mass is 19.4. The number of imide groups is 1. The number of rotatable bonds is 5. The number of benzene rings is 2. The van der Waals surface area contributed by atoms with Crippen LogP contribution < -0.4 is 10.6 Å². The second kappa shape index (κ2) is 10.9. The molecule has 2 heterocycles. The number of alkyl halides is 6. The van der Waals surface area contributed by atoms with Crippen LogP contribution in [0.25, 0.3) is 0 Å². The third-order valence-electron chi connectivity index (χ3n) is 6.79. The molecule has 4 rings (SSSR count). The molecule has 0 radical (unpaired) electrons. The van der Waals surface area contributed by atoms with E-state index in [1.807, 2.05) is 0 Å². The number of amides is 4. The van der Waals surface area contributed by atoms with Crippen LogP contribution in [0.2, 0.25) is 0 Å². The van der Waals surface area contributed by atoms with Gasteiger partial charge in [0.15, 0.2) is 0 Å². The summed E-state index contributed by atoms with van der Waals surface area (Å²) >= 11 is 0. The molecule has 2 aliphatic rings. The number of urea groups is 1. The first-order valence-electron chi connectivity index (χ1n) is 12.1. The summed E-state index contributed by atoms with van der Waals surface area (Å²) in [6, 6.07) is 8.36. The number of carbonyl (C=O) groups excluding carboxylic acids is 3. The maximum Gasteiger partial charge on any atom is 0.416 e. The number of nitrogens with one attached hydrogen (secondary N) is 2. The normalized spacial score (nSPS) is 23.2. The molecule has 0 saturated carbocycles. The number of piperidine rings is 1. The third kappa shape index (κ3) is 6.70. The highest BCUT2D eigenvalue weighted by Crippen LogP contribution is 2.39. The molecule has 2 aromatic rings. The van der Waals surface area contributed by atoms with Crippen molar-refractivity contribution in [2.24, 2.45) is 0 Å². The monoisotopic (exact) mass is 557 g/mol. The Morgan fingerprint density at radius 1 is 1.00 bits per heavy atom. The molecule has 0 aliphatic carbocycles. The summed E-state index contributed by atoms with van der Waals surface area (Å²) in [6.45, 7) is 1.62. The SMILES string of the molecule is C[C@@H](O[C@H]1CCN(C(=O)[C@H]2CC(=O)NC(=O)N2)C[C@H]1c1ccccc1)c1cc(C(F)(F)F)cc(C(F)(F)F)c1. The van der Waals surface area contributed by atoms with E-state index in [1.54, 1.807) is 30.3 Å². The Morgan fingerprint density at radius 3 is 2.18 bits per heavy atom. The van der Waals surface area contributed by atoms with Gasteiger partial charge in [-0.25, -0.2) is 4.79 Å². The summed E-state index contributed by atoms with van der Waals surface area (Å²) < 4.78 is 86.3. The van der Waals surface area contributed by atoms with Gasteiger partial charge in [-0.2, -0.15) is 26.3 Å². The van der Waals surface area contributed by atoms with Crippen molar-refractivity contribution in [2.45, 2.75) is 56.3 Å². The van der Waals surface area contributed by atoms with E-state index in [2.05, 4.69) is 10.6 Å². The van der Waals surface area contributed by atoms with Crippen LogP contribution in [0.3, 0.4) is 0 Å². The minimum absolute atomic E-state index is 0.0669. The molecule has 2 N–H and O–H groups in total. The zero-order valence-corrected chi connectivity index (χ0v) is 20.6. The second-order valence-corrected chi connectivity index (χ2v) is 9.52. The van der Waals surface area contributed by atoms with Gasteiger partial charge in [0.2, 0.25) is 11.8 Å². The molecule has 0 unspecified atom stereocenters. The number of nitrogens with zero attached hydrogens (tertiary/aromatic N) is 1. The smallest absolute Gasteiger partial charge is 0.370 e. The summed E-state index contributed by atoms with van der Waals surface area (Å²) in [7, 11) is 0. The summed E-state index contributed by atoms with van der Waals surface area (Å²) in [5.74, 6) is -1.55. The van der Waals surface area contributed by atoms with Gasteiger partial charge in [-0.05, 0) is 42.7 Å². The molecule has 39 heavy (non-hydrogen) atoms. The first-order chi connectivity index (χ1) is 18.2. The molecule has 0 spiro atoms. The van der Waals surface area contributed by atoms with Gasteiger partial charge in [0.25, 0.3) is 0 Å². The van der Waals surface area contributed by atoms with E-state index in [-0.39, 0.29) is 37.6 Å². The molecular weight excluding hydrogens is 532 g/mol. The van der Waals surface area contributed by atoms with Gasteiger partial charge in [-0.15, -0.1) is 0 Å². The minimum Gasteiger partial charge on any atom is -0.370 e. The molecule has 210 valence electrons. The minimum atomic E-state index is -4.99. The molecule has 4 atom stereocenters.